The second-order valence-electron chi connectivity index (χ2n) is 5.44. The van der Waals surface area contributed by atoms with Gasteiger partial charge in [0.1, 0.15) is 5.82 Å². The number of carbonyl (C=O) groups is 1. The molecule has 0 aliphatic carbocycles. The quantitative estimate of drug-likeness (QED) is 0.894. The van der Waals surface area contributed by atoms with Gasteiger partial charge >= 0.3 is 0 Å². The van der Waals surface area contributed by atoms with Gasteiger partial charge in [0.2, 0.25) is 15.9 Å². The number of benzene rings is 1. The fourth-order valence-corrected chi connectivity index (χ4v) is 3.20. The van der Waals surface area contributed by atoms with Gasteiger partial charge in [0, 0.05) is 20.2 Å². The molecule has 1 aromatic heterocycles. The van der Waals surface area contributed by atoms with E-state index in [1.54, 1.807) is 6.07 Å². The molecule has 0 fully saturated rings. The summed E-state index contributed by atoms with van der Waals surface area (Å²) >= 11 is 0. The Kier molecular flexibility index (Phi) is 4.74. The highest BCUT2D eigenvalue weighted by Gasteiger charge is 2.30. The summed E-state index contributed by atoms with van der Waals surface area (Å²) in [6.07, 6.45) is 1.50. The molecule has 0 bridgehead atoms. The molecule has 7 nitrogen and oxygen atoms in total. The summed E-state index contributed by atoms with van der Waals surface area (Å²) in [5.74, 6) is -0.197. The summed E-state index contributed by atoms with van der Waals surface area (Å²) in [6.45, 7) is 3.27. The average molecular weight is 336 g/mol. The van der Waals surface area contributed by atoms with Crippen molar-refractivity contribution in [3.63, 3.8) is 0 Å². The second kappa shape index (κ2) is 6.41. The first-order valence-electron chi connectivity index (χ1n) is 7.07. The van der Waals surface area contributed by atoms with Crippen molar-refractivity contribution in [3.05, 3.63) is 42.1 Å². The first kappa shape index (κ1) is 17.0. The Labute approximate surface area is 136 Å². The number of rotatable bonds is 5. The third-order valence-corrected chi connectivity index (χ3v) is 5.11. The third-order valence-electron chi connectivity index (χ3n) is 3.49. The van der Waals surface area contributed by atoms with E-state index in [9.17, 15) is 13.2 Å². The van der Waals surface area contributed by atoms with Crippen LogP contribution in [0.2, 0.25) is 0 Å². The highest BCUT2D eigenvalue weighted by atomic mass is 32.2. The number of aromatic nitrogens is 2. The SMILES string of the molecule is Cc1ccccc1-n1nccc1NS(=O)(=O)[C@H](C)C(=O)N(C)C. The van der Waals surface area contributed by atoms with Crippen molar-refractivity contribution in [1.29, 1.82) is 0 Å². The van der Waals surface area contributed by atoms with Crippen LogP contribution in [-0.4, -0.2) is 48.4 Å². The Bertz CT molecular complexity index is 812. The van der Waals surface area contributed by atoms with Gasteiger partial charge in [-0.25, -0.2) is 13.1 Å². The minimum Gasteiger partial charge on any atom is -0.348 e. The molecule has 1 atom stereocenters. The summed E-state index contributed by atoms with van der Waals surface area (Å²) in [6, 6.07) is 9.04. The van der Waals surface area contributed by atoms with Crippen molar-refractivity contribution in [3.8, 4) is 5.69 Å². The van der Waals surface area contributed by atoms with E-state index in [0.29, 0.717) is 0 Å². The summed E-state index contributed by atoms with van der Waals surface area (Å²) in [5, 5.41) is 2.97. The molecule has 0 aliphatic heterocycles. The van der Waals surface area contributed by atoms with E-state index in [4.69, 9.17) is 0 Å². The molecular weight excluding hydrogens is 316 g/mol. The standard InChI is InChI=1S/C15H20N4O3S/c1-11-7-5-6-8-13(11)19-14(9-10-16-19)17-23(21,22)12(2)15(20)18(3)4/h5-10,12,17H,1-4H3/t12-/m1/s1. The van der Waals surface area contributed by atoms with E-state index in [-0.39, 0.29) is 5.82 Å². The molecule has 8 heteroatoms. The number of hydrogen-bond acceptors (Lipinski definition) is 4. The van der Waals surface area contributed by atoms with Gasteiger partial charge in [0.05, 0.1) is 11.9 Å². The first-order valence-corrected chi connectivity index (χ1v) is 8.61. The zero-order chi connectivity index (χ0) is 17.2. The van der Waals surface area contributed by atoms with Crippen LogP contribution >= 0.6 is 0 Å². The Balaban J connectivity index is 2.34. The maximum Gasteiger partial charge on any atom is 0.245 e. The zero-order valence-electron chi connectivity index (χ0n) is 13.5. The number of amides is 1. The number of anilines is 1. The van der Waals surface area contributed by atoms with E-state index >= 15 is 0 Å². The predicted molar refractivity (Wildman–Crippen MR) is 89.0 cm³/mol. The van der Waals surface area contributed by atoms with Crippen LogP contribution in [0.4, 0.5) is 5.82 Å². The first-order chi connectivity index (χ1) is 10.7. The smallest absolute Gasteiger partial charge is 0.245 e. The van der Waals surface area contributed by atoms with Crippen LogP contribution in [0.3, 0.4) is 0 Å². The van der Waals surface area contributed by atoms with Gasteiger partial charge in [-0.3, -0.25) is 9.52 Å². The van der Waals surface area contributed by atoms with Crippen LogP contribution in [-0.2, 0) is 14.8 Å². The lowest BCUT2D eigenvalue weighted by atomic mass is 10.2. The van der Waals surface area contributed by atoms with Gasteiger partial charge in [0.25, 0.3) is 0 Å². The molecule has 2 rings (SSSR count). The van der Waals surface area contributed by atoms with Crippen LogP contribution in [0.5, 0.6) is 0 Å². The number of carbonyl (C=O) groups excluding carboxylic acids is 1. The molecule has 124 valence electrons. The van der Waals surface area contributed by atoms with Gasteiger partial charge in [-0.1, -0.05) is 18.2 Å². The van der Waals surface area contributed by atoms with E-state index in [2.05, 4.69) is 9.82 Å². The fraction of sp³-hybridized carbons (Fsp3) is 0.333. The van der Waals surface area contributed by atoms with Crippen LogP contribution in [0.1, 0.15) is 12.5 Å². The van der Waals surface area contributed by atoms with Crippen LogP contribution in [0.25, 0.3) is 5.69 Å². The Morgan fingerprint density at radius 2 is 1.91 bits per heavy atom. The molecule has 2 aromatic rings. The summed E-state index contributed by atoms with van der Waals surface area (Å²) in [7, 11) is -0.833. The van der Waals surface area contributed by atoms with Gasteiger partial charge in [-0.15, -0.1) is 0 Å². The highest BCUT2D eigenvalue weighted by Crippen LogP contribution is 2.20. The van der Waals surface area contributed by atoms with Crippen molar-refractivity contribution in [2.24, 2.45) is 0 Å². The highest BCUT2D eigenvalue weighted by molar-refractivity contribution is 7.94. The molecule has 1 amide bonds. The second-order valence-corrected chi connectivity index (χ2v) is 7.44. The molecule has 1 aromatic carbocycles. The molecule has 0 saturated carbocycles. The largest absolute Gasteiger partial charge is 0.348 e. The van der Waals surface area contributed by atoms with E-state index in [1.165, 1.54) is 36.8 Å². The van der Waals surface area contributed by atoms with Gasteiger partial charge in [0.15, 0.2) is 5.25 Å². The number of hydrogen-bond donors (Lipinski definition) is 1. The van der Waals surface area contributed by atoms with Crippen molar-refractivity contribution in [2.75, 3.05) is 18.8 Å². The molecule has 0 unspecified atom stereocenters. The molecular formula is C15H20N4O3S. The number of aryl methyl sites for hydroxylation is 1. The molecule has 0 aliphatic rings. The fourth-order valence-electron chi connectivity index (χ4n) is 2.10. The number of sulfonamides is 1. The van der Waals surface area contributed by atoms with E-state index in [0.717, 1.165) is 11.3 Å². The van der Waals surface area contributed by atoms with Gasteiger partial charge in [-0.2, -0.15) is 5.10 Å². The Morgan fingerprint density at radius 3 is 2.52 bits per heavy atom. The lowest BCUT2D eigenvalue weighted by Gasteiger charge is -2.18. The number of para-hydroxylation sites is 1. The van der Waals surface area contributed by atoms with Crippen LogP contribution in [0.15, 0.2) is 36.5 Å². The minimum atomic E-state index is -3.87. The molecule has 0 spiro atoms. The summed E-state index contributed by atoms with van der Waals surface area (Å²) in [4.78, 5) is 13.2. The van der Waals surface area contributed by atoms with Crippen molar-refractivity contribution < 1.29 is 13.2 Å². The molecule has 23 heavy (non-hydrogen) atoms. The van der Waals surface area contributed by atoms with Crippen molar-refractivity contribution in [2.45, 2.75) is 19.1 Å². The van der Waals surface area contributed by atoms with E-state index < -0.39 is 21.2 Å². The maximum atomic E-state index is 12.4. The summed E-state index contributed by atoms with van der Waals surface area (Å²) < 4.78 is 28.8. The van der Waals surface area contributed by atoms with Gasteiger partial charge < -0.3 is 4.90 Å². The molecule has 0 radical (unpaired) electrons. The average Bonchev–Trinajstić information content (AvgIpc) is 2.93. The number of nitrogens with zero attached hydrogens (tertiary/aromatic N) is 3. The summed E-state index contributed by atoms with van der Waals surface area (Å²) in [5.41, 5.74) is 1.72. The zero-order valence-corrected chi connectivity index (χ0v) is 14.3. The minimum absolute atomic E-state index is 0.290. The van der Waals surface area contributed by atoms with Crippen LogP contribution < -0.4 is 4.72 Å². The van der Waals surface area contributed by atoms with Crippen molar-refractivity contribution in [1.82, 2.24) is 14.7 Å². The van der Waals surface area contributed by atoms with Crippen molar-refractivity contribution >= 4 is 21.7 Å². The lowest BCUT2D eigenvalue weighted by molar-refractivity contribution is -0.127. The molecule has 1 heterocycles. The monoisotopic (exact) mass is 336 g/mol. The predicted octanol–water partition coefficient (Wildman–Crippen LogP) is 1.40. The maximum absolute atomic E-state index is 12.4. The topological polar surface area (TPSA) is 84.3 Å². The Hall–Kier alpha value is -2.35. The third kappa shape index (κ3) is 3.53. The lowest BCUT2D eigenvalue weighted by Crippen LogP contribution is -2.40. The van der Waals surface area contributed by atoms with Crippen LogP contribution in [0, 0.1) is 6.92 Å². The number of nitrogens with one attached hydrogen (secondary N) is 1. The Morgan fingerprint density at radius 1 is 1.26 bits per heavy atom. The molecule has 1 N–H and O–H groups in total. The van der Waals surface area contributed by atoms with E-state index in [1.807, 2.05) is 31.2 Å². The molecule has 0 saturated heterocycles. The normalized spacial score (nSPS) is 12.7. The van der Waals surface area contributed by atoms with Gasteiger partial charge in [-0.05, 0) is 25.5 Å².